The molecule has 0 bridgehead atoms. The van der Waals surface area contributed by atoms with Gasteiger partial charge in [-0.3, -0.25) is 9.36 Å². The third-order valence-electron chi connectivity index (χ3n) is 1.41. The molecule has 0 aliphatic rings. The fraction of sp³-hybridized carbons (Fsp3) is 0.250. The van der Waals surface area contributed by atoms with E-state index in [4.69, 9.17) is 5.11 Å². The zero-order valence-electron chi connectivity index (χ0n) is 7.23. The third-order valence-corrected chi connectivity index (χ3v) is 2.44. The first-order valence-electron chi connectivity index (χ1n) is 3.66. The molecule has 70 valence electrons. The van der Waals surface area contributed by atoms with Gasteiger partial charge in [-0.1, -0.05) is 17.8 Å². The van der Waals surface area contributed by atoms with E-state index in [1.54, 1.807) is 13.1 Å². The first-order valence-corrected chi connectivity index (χ1v) is 4.64. The van der Waals surface area contributed by atoms with E-state index in [1.165, 1.54) is 16.3 Å². The second-order valence-corrected chi connectivity index (χ2v) is 3.38. The maximum atomic E-state index is 11.1. The van der Waals surface area contributed by atoms with Gasteiger partial charge >= 0.3 is 0 Å². The van der Waals surface area contributed by atoms with E-state index in [1.807, 2.05) is 0 Å². The second-order valence-electron chi connectivity index (χ2n) is 2.39. The Hall–Kier alpha value is -1.23. The zero-order chi connectivity index (χ0) is 9.84. The van der Waals surface area contributed by atoms with Crippen LogP contribution >= 0.6 is 11.8 Å². The molecule has 0 atom stereocenters. The number of nitrogens with zero attached hydrogens (tertiary/aromatic N) is 2. The summed E-state index contributed by atoms with van der Waals surface area (Å²) in [5.41, 5.74) is -0.265. The molecule has 1 aromatic rings. The van der Waals surface area contributed by atoms with Crippen molar-refractivity contribution in [1.82, 2.24) is 9.55 Å². The summed E-state index contributed by atoms with van der Waals surface area (Å²) in [7, 11) is 1.61. The fourth-order valence-electron chi connectivity index (χ4n) is 0.769. The highest BCUT2D eigenvalue weighted by atomic mass is 32.2. The number of rotatable bonds is 3. The predicted molar refractivity (Wildman–Crippen MR) is 52.1 cm³/mol. The van der Waals surface area contributed by atoms with Crippen molar-refractivity contribution in [2.45, 2.75) is 5.16 Å². The lowest BCUT2D eigenvalue weighted by molar-refractivity contribution is 0.437. The van der Waals surface area contributed by atoms with Gasteiger partial charge in [0.05, 0.1) is 6.07 Å². The first kappa shape index (κ1) is 9.85. The van der Waals surface area contributed by atoms with Gasteiger partial charge in [0.25, 0.3) is 5.56 Å². The normalized spacial score (nSPS) is 9.92. The van der Waals surface area contributed by atoms with Gasteiger partial charge in [-0.05, 0) is 0 Å². The van der Waals surface area contributed by atoms with Crippen molar-refractivity contribution < 1.29 is 5.11 Å². The molecule has 0 aromatic carbocycles. The van der Waals surface area contributed by atoms with Gasteiger partial charge in [-0.25, -0.2) is 0 Å². The highest BCUT2D eigenvalue weighted by molar-refractivity contribution is 7.99. The van der Waals surface area contributed by atoms with Crippen molar-refractivity contribution in [3.05, 3.63) is 29.1 Å². The van der Waals surface area contributed by atoms with E-state index >= 15 is 0 Å². The number of aromatic hydroxyl groups is 1. The number of hydrogen-bond donors (Lipinski definition) is 1. The maximum absolute atomic E-state index is 11.1. The van der Waals surface area contributed by atoms with Gasteiger partial charge in [-0.15, -0.1) is 6.58 Å². The Morgan fingerprint density at radius 3 is 3.15 bits per heavy atom. The minimum atomic E-state index is -0.265. The minimum absolute atomic E-state index is 0.241. The molecule has 0 aliphatic heterocycles. The van der Waals surface area contributed by atoms with Crippen LogP contribution in [0.1, 0.15) is 0 Å². The fourth-order valence-corrected chi connectivity index (χ4v) is 1.48. The van der Waals surface area contributed by atoms with Crippen LogP contribution < -0.4 is 5.56 Å². The summed E-state index contributed by atoms with van der Waals surface area (Å²) in [4.78, 5) is 15.0. The van der Waals surface area contributed by atoms with Gasteiger partial charge in [0.1, 0.15) is 0 Å². The van der Waals surface area contributed by atoms with E-state index in [0.717, 1.165) is 6.07 Å². The van der Waals surface area contributed by atoms with E-state index in [2.05, 4.69) is 11.6 Å². The third kappa shape index (κ3) is 2.35. The minimum Gasteiger partial charge on any atom is -0.493 e. The summed E-state index contributed by atoms with van der Waals surface area (Å²) in [6.07, 6.45) is 1.71. The van der Waals surface area contributed by atoms with Crippen LogP contribution in [0.5, 0.6) is 5.88 Å². The molecule has 0 spiro atoms. The van der Waals surface area contributed by atoms with Crippen LogP contribution in [0.25, 0.3) is 0 Å². The molecule has 0 fully saturated rings. The smallest absolute Gasteiger partial charge is 0.257 e. The Morgan fingerprint density at radius 2 is 2.54 bits per heavy atom. The highest BCUT2D eigenvalue weighted by Gasteiger charge is 2.03. The van der Waals surface area contributed by atoms with E-state index in [-0.39, 0.29) is 11.4 Å². The summed E-state index contributed by atoms with van der Waals surface area (Å²) in [5.74, 6) is 0.415. The van der Waals surface area contributed by atoms with Crippen molar-refractivity contribution >= 4 is 11.8 Å². The Kier molecular flexibility index (Phi) is 3.13. The van der Waals surface area contributed by atoms with Crippen molar-refractivity contribution in [2.75, 3.05) is 5.75 Å². The largest absolute Gasteiger partial charge is 0.493 e. The highest BCUT2D eigenvalue weighted by Crippen LogP contribution is 2.14. The molecule has 1 heterocycles. The monoisotopic (exact) mass is 198 g/mol. The van der Waals surface area contributed by atoms with Gasteiger partial charge in [0.2, 0.25) is 5.88 Å². The van der Waals surface area contributed by atoms with Crippen molar-refractivity contribution in [3.63, 3.8) is 0 Å². The lowest BCUT2D eigenvalue weighted by Gasteiger charge is -2.04. The molecule has 1 rings (SSSR count). The average molecular weight is 198 g/mol. The summed E-state index contributed by atoms with van der Waals surface area (Å²) < 4.78 is 1.38. The second kappa shape index (κ2) is 4.13. The molecule has 4 nitrogen and oxygen atoms in total. The van der Waals surface area contributed by atoms with Crippen LogP contribution in [0.15, 0.2) is 28.7 Å². The predicted octanol–water partition coefficient (Wildman–Crippen LogP) is 0.764. The molecule has 0 unspecified atom stereocenters. The molecule has 5 heteroatoms. The number of hydrogen-bond acceptors (Lipinski definition) is 4. The first-order chi connectivity index (χ1) is 6.15. The van der Waals surface area contributed by atoms with Gasteiger partial charge < -0.3 is 5.11 Å². The van der Waals surface area contributed by atoms with Crippen LogP contribution in [0.2, 0.25) is 0 Å². The van der Waals surface area contributed by atoms with E-state index < -0.39 is 0 Å². The van der Waals surface area contributed by atoms with Gasteiger partial charge in [0, 0.05) is 12.8 Å². The molecule has 1 aromatic heterocycles. The van der Waals surface area contributed by atoms with Gasteiger partial charge in [-0.2, -0.15) is 4.98 Å². The van der Waals surface area contributed by atoms with Crippen LogP contribution in [0.4, 0.5) is 0 Å². The maximum Gasteiger partial charge on any atom is 0.257 e. The summed E-state index contributed by atoms with van der Waals surface area (Å²) >= 11 is 1.35. The average Bonchev–Trinajstić information content (AvgIpc) is 2.09. The molecule has 0 amide bonds. The molecule has 0 saturated heterocycles. The standard InChI is InChI=1S/C8H10N2O2S/c1-3-4-13-8-9-6(11)5-7(12)10(8)2/h3,5,11H,1,4H2,2H3. The van der Waals surface area contributed by atoms with E-state index in [0.29, 0.717) is 10.9 Å². The lowest BCUT2D eigenvalue weighted by Crippen LogP contribution is -2.18. The molecule has 0 saturated carbocycles. The van der Waals surface area contributed by atoms with Crippen molar-refractivity contribution in [1.29, 1.82) is 0 Å². The Morgan fingerprint density at radius 1 is 1.85 bits per heavy atom. The summed E-state index contributed by atoms with van der Waals surface area (Å²) in [5, 5.41) is 9.54. The summed E-state index contributed by atoms with van der Waals surface area (Å²) in [6, 6.07) is 1.08. The topological polar surface area (TPSA) is 55.1 Å². The number of thioether (sulfide) groups is 1. The molecule has 1 N–H and O–H groups in total. The molecule has 0 aliphatic carbocycles. The van der Waals surface area contributed by atoms with Gasteiger partial charge in [0.15, 0.2) is 5.16 Å². The van der Waals surface area contributed by atoms with Crippen molar-refractivity contribution in [2.24, 2.45) is 7.05 Å². The summed E-state index contributed by atoms with van der Waals surface area (Å²) in [6.45, 7) is 3.55. The van der Waals surface area contributed by atoms with Crippen LogP contribution in [-0.4, -0.2) is 20.4 Å². The van der Waals surface area contributed by atoms with Crippen LogP contribution in [0.3, 0.4) is 0 Å². The van der Waals surface area contributed by atoms with E-state index in [9.17, 15) is 4.79 Å². The Balaban J connectivity index is 3.05. The van der Waals surface area contributed by atoms with Crippen molar-refractivity contribution in [3.8, 4) is 5.88 Å². The van der Waals surface area contributed by atoms with Crippen LogP contribution in [-0.2, 0) is 7.05 Å². The zero-order valence-corrected chi connectivity index (χ0v) is 8.04. The Bertz CT molecular complexity index is 373. The Labute approximate surface area is 79.9 Å². The lowest BCUT2D eigenvalue weighted by atomic mass is 10.6. The molecular formula is C8H10N2O2S. The SMILES string of the molecule is C=CCSc1nc(O)cc(=O)n1C. The quantitative estimate of drug-likeness (QED) is 0.442. The number of aromatic nitrogens is 2. The molecule has 13 heavy (non-hydrogen) atoms. The van der Waals surface area contributed by atoms with Crippen LogP contribution in [0, 0.1) is 0 Å². The molecule has 0 radical (unpaired) electrons. The molecular weight excluding hydrogens is 188 g/mol.